The largest absolute Gasteiger partial charge is 0.348 e. The summed E-state index contributed by atoms with van der Waals surface area (Å²) < 4.78 is 16.9. The lowest BCUT2D eigenvalue weighted by molar-refractivity contribution is 0.231. The van der Waals surface area contributed by atoms with E-state index in [-0.39, 0.29) is 17.2 Å². The third-order valence-electron chi connectivity index (χ3n) is 6.27. The quantitative estimate of drug-likeness (QED) is 0.685. The van der Waals surface area contributed by atoms with Crippen LogP contribution in [0.1, 0.15) is 31.9 Å². The van der Waals surface area contributed by atoms with Crippen molar-refractivity contribution in [1.29, 1.82) is 0 Å². The number of rotatable bonds is 7. The lowest BCUT2D eigenvalue weighted by Gasteiger charge is -2.32. The van der Waals surface area contributed by atoms with Crippen LogP contribution in [0.2, 0.25) is 0 Å². The Morgan fingerprint density at radius 1 is 0.679 bits per heavy atom. The van der Waals surface area contributed by atoms with Gasteiger partial charge in [0, 0.05) is 18.4 Å². The van der Waals surface area contributed by atoms with Crippen molar-refractivity contribution in [2.75, 3.05) is 36.7 Å². The molecule has 5 heteroatoms. The molecule has 0 amide bonds. The van der Waals surface area contributed by atoms with Crippen LogP contribution in [0.25, 0.3) is 0 Å². The van der Waals surface area contributed by atoms with E-state index in [1.165, 1.54) is 16.8 Å². The number of likely N-dealkylation sites (N-methyl/N-ethyl adjacent to an activating group) is 1. The number of nitrogens with zero attached hydrogens (tertiary/aromatic N) is 2. The molecule has 0 aliphatic carbocycles. The Bertz CT molecular complexity index is 848. The first-order chi connectivity index (χ1) is 13.3. The second-order valence-corrected chi connectivity index (χ2v) is 8.80. The van der Waals surface area contributed by atoms with Gasteiger partial charge in [-0.2, -0.15) is 0 Å². The molecule has 2 aromatic carbocycles. The van der Waals surface area contributed by atoms with Crippen LogP contribution in [0.15, 0.2) is 48.5 Å². The van der Waals surface area contributed by atoms with Gasteiger partial charge in [0.1, 0.15) is 0 Å². The molecule has 0 saturated carbocycles. The van der Waals surface area contributed by atoms with Crippen molar-refractivity contribution in [3.63, 3.8) is 0 Å². The Balaban J connectivity index is 1.29. The molecule has 3 heterocycles. The molecule has 3 unspecified atom stereocenters. The smallest absolute Gasteiger partial charge is 0.164 e. The van der Waals surface area contributed by atoms with Crippen molar-refractivity contribution < 1.29 is 14.2 Å². The van der Waals surface area contributed by atoms with E-state index in [2.05, 4.69) is 86.1 Å². The van der Waals surface area contributed by atoms with Gasteiger partial charge in [0.2, 0.25) is 0 Å². The second kappa shape index (κ2) is 5.96. The van der Waals surface area contributed by atoms with E-state index in [0.717, 1.165) is 31.9 Å². The number of ether oxygens (including phenoxy) is 3. The van der Waals surface area contributed by atoms with E-state index in [9.17, 15) is 0 Å². The number of benzene rings is 2. The van der Waals surface area contributed by atoms with Crippen LogP contribution >= 0.6 is 0 Å². The third kappa shape index (κ3) is 3.17. The number of epoxide rings is 3. The zero-order chi connectivity index (χ0) is 19.6. The van der Waals surface area contributed by atoms with Gasteiger partial charge in [0.15, 0.2) is 17.2 Å². The number of hydrogen-bond acceptors (Lipinski definition) is 5. The van der Waals surface area contributed by atoms with E-state index in [0.29, 0.717) is 0 Å². The number of anilines is 2. The summed E-state index contributed by atoms with van der Waals surface area (Å²) in [5, 5.41) is 0. The van der Waals surface area contributed by atoms with Crippen LogP contribution in [-0.4, -0.2) is 44.0 Å². The van der Waals surface area contributed by atoms with E-state index < -0.39 is 0 Å². The molecule has 0 spiro atoms. The van der Waals surface area contributed by atoms with E-state index >= 15 is 0 Å². The Hall–Kier alpha value is -2.08. The molecule has 3 aliphatic heterocycles. The minimum Gasteiger partial charge on any atom is -0.348 e. The summed E-state index contributed by atoms with van der Waals surface area (Å²) in [6, 6.07) is 17.5. The van der Waals surface area contributed by atoms with E-state index in [1.54, 1.807) is 0 Å². The summed E-state index contributed by atoms with van der Waals surface area (Å²) in [7, 11) is 2.08. The summed E-state index contributed by atoms with van der Waals surface area (Å²) in [5.74, 6) is 0. The molecule has 3 saturated heterocycles. The Morgan fingerprint density at radius 3 is 1.46 bits per heavy atom. The monoisotopic (exact) mass is 380 g/mol. The van der Waals surface area contributed by atoms with Crippen molar-refractivity contribution >= 4 is 11.4 Å². The van der Waals surface area contributed by atoms with Gasteiger partial charge in [-0.1, -0.05) is 24.3 Å². The fraction of sp³-hybridized carbons (Fsp3) is 0.478. The first kappa shape index (κ1) is 18.0. The normalized spacial score (nSPS) is 32.7. The van der Waals surface area contributed by atoms with Crippen LogP contribution < -0.4 is 9.80 Å². The lowest BCUT2D eigenvalue weighted by atomic mass is 10.0. The minimum atomic E-state index is -0.240. The maximum absolute atomic E-state index is 5.70. The molecule has 5 nitrogen and oxygen atoms in total. The number of hydrogen-bond donors (Lipinski definition) is 0. The molecule has 148 valence electrons. The minimum absolute atomic E-state index is 0.132. The summed E-state index contributed by atoms with van der Waals surface area (Å²) in [6.07, 6.45) is 0.916. The predicted molar refractivity (Wildman–Crippen MR) is 110 cm³/mol. The van der Waals surface area contributed by atoms with Gasteiger partial charge in [-0.15, -0.1) is 0 Å². The molecule has 28 heavy (non-hydrogen) atoms. The Morgan fingerprint density at radius 2 is 1.07 bits per heavy atom. The van der Waals surface area contributed by atoms with Crippen molar-refractivity contribution in [2.24, 2.45) is 0 Å². The van der Waals surface area contributed by atoms with Crippen LogP contribution in [0.5, 0.6) is 0 Å². The highest BCUT2D eigenvalue weighted by Crippen LogP contribution is 2.46. The molecule has 3 aliphatic rings. The first-order valence-electron chi connectivity index (χ1n) is 9.95. The maximum Gasteiger partial charge on any atom is 0.164 e. The van der Waals surface area contributed by atoms with Crippen LogP contribution in [0, 0.1) is 0 Å². The van der Waals surface area contributed by atoms with Crippen LogP contribution in [0.3, 0.4) is 0 Å². The molecule has 3 fully saturated rings. The summed E-state index contributed by atoms with van der Waals surface area (Å²) >= 11 is 0. The zero-order valence-corrected chi connectivity index (χ0v) is 17.1. The van der Waals surface area contributed by atoms with Crippen molar-refractivity contribution in [3.05, 3.63) is 59.7 Å². The average molecular weight is 380 g/mol. The van der Waals surface area contributed by atoms with Gasteiger partial charge in [-0.05, 0) is 62.6 Å². The fourth-order valence-corrected chi connectivity index (χ4v) is 3.92. The molecule has 5 rings (SSSR count). The zero-order valence-electron chi connectivity index (χ0n) is 17.1. The van der Waals surface area contributed by atoms with Crippen molar-refractivity contribution in [3.8, 4) is 0 Å². The highest BCUT2D eigenvalue weighted by Gasteiger charge is 2.58. The molecular weight excluding hydrogens is 352 g/mol. The predicted octanol–water partition coefficient (Wildman–Crippen LogP) is 3.76. The Labute approximate surface area is 166 Å². The summed E-state index contributed by atoms with van der Waals surface area (Å²) in [4.78, 5) is 4.47. The Kier molecular flexibility index (Phi) is 3.83. The fourth-order valence-electron chi connectivity index (χ4n) is 3.92. The standard InChI is InChI=1S/C23H28N2O3/c1-21(14-26-21)24(4)19-9-5-17(6-10-19)13-18-7-11-20(12-8-18)25(22(2)15-27-22)23(3)16-28-23/h5-12H,13-16H2,1-4H3. The first-order valence-corrected chi connectivity index (χ1v) is 9.95. The molecule has 0 bridgehead atoms. The van der Waals surface area contributed by atoms with Crippen LogP contribution in [-0.2, 0) is 20.6 Å². The van der Waals surface area contributed by atoms with Gasteiger partial charge in [0.25, 0.3) is 0 Å². The molecule has 3 atom stereocenters. The SMILES string of the molecule is CN(c1ccc(Cc2ccc(N(C3(C)CO3)C3(C)CO3)cc2)cc1)C1(C)CO1. The molecule has 0 aromatic heterocycles. The van der Waals surface area contributed by atoms with E-state index in [1.807, 2.05) is 0 Å². The van der Waals surface area contributed by atoms with Gasteiger partial charge < -0.3 is 24.0 Å². The molecule has 0 N–H and O–H groups in total. The highest BCUT2D eigenvalue weighted by atomic mass is 16.7. The topological polar surface area (TPSA) is 44.1 Å². The molecule has 2 aromatic rings. The summed E-state index contributed by atoms with van der Waals surface area (Å²) in [6.45, 7) is 8.66. The van der Waals surface area contributed by atoms with Crippen molar-refractivity contribution in [2.45, 2.75) is 44.4 Å². The molecular formula is C23H28N2O3. The average Bonchev–Trinajstić information content (AvgIpc) is 3.61. The van der Waals surface area contributed by atoms with Gasteiger partial charge in [-0.25, -0.2) is 0 Å². The van der Waals surface area contributed by atoms with Crippen LogP contribution in [0.4, 0.5) is 11.4 Å². The van der Waals surface area contributed by atoms with Crippen molar-refractivity contribution in [1.82, 2.24) is 0 Å². The van der Waals surface area contributed by atoms with Gasteiger partial charge in [0.05, 0.1) is 19.8 Å². The van der Waals surface area contributed by atoms with Gasteiger partial charge >= 0.3 is 0 Å². The van der Waals surface area contributed by atoms with Gasteiger partial charge in [-0.3, -0.25) is 0 Å². The lowest BCUT2D eigenvalue weighted by Crippen LogP contribution is -2.46. The maximum atomic E-state index is 5.70. The second-order valence-electron chi connectivity index (χ2n) is 8.80. The molecule has 0 radical (unpaired) electrons. The highest BCUT2D eigenvalue weighted by molar-refractivity contribution is 5.55. The summed E-state index contributed by atoms with van der Waals surface area (Å²) in [5.41, 5.74) is 4.33. The van der Waals surface area contributed by atoms with E-state index in [4.69, 9.17) is 14.2 Å². The third-order valence-corrected chi connectivity index (χ3v) is 6.27.